The van der Waals surface area contributed by atoms with Gasteiger partial charge in [0.2, 0.25) is 0 Å². The van der Waals surface area contributed by atoms with Gasteiger partial charge in [0, 0.05) is 32.7 Å². The average molecular weight is 297 g/mol. The van der Waals surface area contributed by atoms with Crippen molar-refractivity contribution in [1.82, 2.24) is 9.97 Å². The van der Waals surface area contributed by atoms with E-state index >= 15 is 0 Å². The van der Waals surface area contributed by atoms with Crippen LogP contribution in [-0.2, 0) is 26.3 Å². The van der Waals surface area contributed by atoms with Crippen molar-refractivity contribution in [2.24, 2.45) is 0 Å². The fourth-order valence-electron chi connectivity index (χ4n) is 2.48. The van der Waals surface area contributed by atoms with Crippen LogP contribution in [0, 0.1) is 0 Å². The van der Waals surface area contributed by atoms with E-state index in [2.05, 4.69) is 9.97 Å². The lowest BCUT2D eigenvalue weighted by Gasteiger charge is -2.35. The lowest BCUT2D eigenvalue weighted by molar-refractivity contribution is -0.136. The second kappa shape index (κ2) is 6.23. The van der Waals surface area contributed by atoms with E-state index in [9.17, 15) is 9.59 Å². The molecule has 116 valence electrons. The summed E-state index contributed by atoms with van der Waals surface area (Å²) in [7, 11) is 0. The monoisotopic (exact) mass is 297 g/mol. The summed E-state index contributed by atoms with van der Waals surface area (Å²) in [4.78, 5) is 29.6. The zero-order chi connectivity index (χ0) is 15.5. The summed E-state index contributed by atoms with van der Waals surface area (Å²) in [5, 5.41) is 8.79. The Morgan fingerprint density at radius 3 is 2.71 bits per heavy atom. The molecule has 4 N–H and O–H groups in total. The number of hydrogen-bond donors (Lipinski definition) is 3. The first-order valence-electron chi connectivity index (χ1n) is 6.81. The second-order valence-electron chi connectivity index (χ2n) is 4.89. The first kappa shape index (κ1) is 15.5. The van der Waals surface area contributed by atoms with Gasteiger partial charge in [-0.3, -0.25) is 9.59 Å². The molecule has 8 heteroatoms. The topological polar surface area (TPSA) is 128 Å². The molecule has 1 aliphatic rings. The molecule has 2 rings (SSSR count). The number of hydrogen-bond acceptors (Lipinski definition) is 6. The van der Waals surface area contributed by atoms with Crippen molar-refractivity contribution >= 4 is 11.8 Å². The normalized spacial score (nSPS) is 17.6. The van der Waals surface area contributed by atoms with Crippen LogP contribution in [0.1, 0.15) is 31.2 Å². The molecular formula is C13H19N3O5. The fraction of sp³-hybridized carbons (Fsp3) is 0.615. The first-order chi connectivity index (χ1) is 9.98. The highest BCUT2D eigenvalue weighted by Crippen LogP contribution is 2.33. The molecule has 0 radical (unpaired) electrons. The number of carbonyl (C=O) groups is 1. The molecule has 1 aliphatic heterocycles. The molecule has 0 amide bonds. The summed E-state index contributed by atoms with van der Waals surface area (Å²) in [6.07, 6.45) is 0.655. The predicted molar refractivity (Wildman–Crippen MR) is 74.0 cm³/mol. The third kappa shape index (κ3) is 3.22. The van der Waals surface area contributed by atoms with Crippen molar-refractivity contribution < 1.29 is 19.4 Å². The van der Waals surface area contributed by atoms with E-state index in [0.29, 0.717) is 38.5 Å². The minimum absolute atomic E-state index is 0.0371. The van der Waals surface area contributed by atoms with Crippen LogP contribution in [0.3, 0.4) is 0 Å². The molecule has 0 unspecified atom stereocenters. The zero-order valence-electron chi connectivity index (χ0n) is 11.8. The van der Waals surface area contributed by atoms with Crippen molar-refractivity contribution in [3.63, 3.8) is 0 Å². The van der Waals surface area contributed by atoms with Crippen LogP contribution >= 0.6 is 0 Å². The third-order valence-corrected chi connectivity index (χ3v) is 3.53. The summed E-state index contributed by atoms with van der Waals surface area (Å²) < 4.78 is 11.1. The Morgan fingerprint density at radius 2 is 2.19 bits per heavy atom. The molecule has 0 aliphatic carbocycles. The van der Waals surface area contributed by atoms with Crippen LogP contribution in [0.4, 0.5) is 5.82 Å². The lowest BCUT2D eigenvalue weighted by atomic mass is 9.92. The average Bonchev–Trinajstić information content (AvgIpc) is 2.44. The maximum absolute atomic E-state index is 12.1. The number of carboxylic acid groups (broad SMARTS) is 1. The quantitative estimate of drug-likeness (QED) is 0.699. The van der Waals surface area contributed by atoms with Gasteiger partial charge in [0.15, 0.2) is 0 Å². The first-order valence-corrected chi connectivity index (χ1v) is 6.81. The van der Waals surface area contributed by atoms with E-state index in [1.807, 2.05) is 6.92 Å². The molecule has 0 saturated carbocycles. The number of nitrogens with one attached hydrogen (secondary N) is 1. The van der Waals surface area contributed by atoms with Crippen LogP contribution in [-0.4, -0.2) is 40.9 Å². The highest BCUT2D eigenvalue weighted by Gasteiger charge is 2.38. The van der Waals surface area contributed by atoms with Crippen LogP contribution in [0.25, 0.3) is 0 Å². The number of aliphatic carboxylic acids is 1. The van der Waals surface area contributed by atoms with Crippen LogP contribution in [0.15, 0.2) is 4.79 Å². The lowest BCUT2D eigenvalue weighted by Crippen LogP contribution is -2.40. The Morgan fingerprint density at radius 1 is 1.52 bits per heavy atom. The van der Waals surface area contributed by atoms with Crippen LogP contribution in [0.5, 0.6) is 0 Å². The number of rotatable bonds is 5. The highest BCUT2D eigenvalue weighted by molar-refractivity contribution is 5.71. The van der Waals surface area contributed by atoms with Gasteiger partial charge >= 0.3 is 5.97 Å². The van der Waals surface area contributed by atoms with Gasteiger partial charge in [-0.1, -0.05) is 0 Å². The highest BCUT2D eigenvalue weighted by atomic mass is 16.5. The van der Waals surface area contributed by atoms with Crippen molar-refractivity contribution in [1.29, 1.82) is 0 Å². The van der Waals surface area contributed by atoms with E-state index in [-0.39, 0.29) is 11.4 Å². The number of anilines is 1. The van der Waals surface area contributed by atoms with E-state index in [4.69, 9.17) is 20.3 Å². The summed E-state index contributed by atoms with van der Waals surface area (Å²) in [5.74, 6) is -0.863. The standard InChI is InChI=1S/C13H19N3O5/c1-2-21-13(3-5-20-6-4-13)12-15-10(14)8(7-9(17)18)11(19)16-12/h2-7H2,1H3,(H,17,18)(H3,14,15,16,19). The number of carboxylic acids is 1. The van der Waals surface area contributed by atoms with Gasteiger partial charge in [0.1, 0.15) is 17.2 Å². The molecule has 8 nitrogen and oxygen atoms in total. The zero-order valence-corrected chi connectivity index (χ0v) is 11.8. The number of aromatic nitrogens is 2. The Labute approximate surface area is 121 Å². The molecule has 1 fully saturated rings. The summed E-state index contributed by atoms with van der Waals surface area (Å²) in [6.45, 7) is 3.32. The Kier molecular flexibility index (Phi) is 4.59. The Bertz CT molecular complexity index is 572. The van der Waals surface area contributed by atoms with Gasteiger partial charge in [-0.25, -0.2) is 4.98 Å². The molecule has 1 aromatic rings. The molecule has 1 aromatic heterocycles. The molecule has 0 aromatic carbocycles. The van der Waals surface area contributed by atoms with Crippen LogP contribution < -0.4 is 11.3 Å². The van der Waals surface area contributed by atoms with Crippen molar-refractivity contribution in [2.45, 2.75) is 31.8 Å². The number of aromatic amines is 1. The maximum atomic E-state index is 12.1. The minimum atomic E-state index is -1.13. The molecule has 21 heavy (non-hydrogen) atoms. The predicted octanol–water partition coefficient (Wildman–Crippen LogP) is 0.0214. The Balaban J connectivity index is 2.43. The largest absolute Gasteiger partial charge is 0.481 e. The maximum Gasteiger partial charge on any atom is 0.308 e. The van der Waals surface area contributed by atoms with E-state index in [1.165, 1.54) is 0 Å². The Hall–Kier alpha value is -1.93. The van der Waals surface area contributed by atoms with Crippen molar-refractivity contribution in [2.75, 3.05) is 25.6 Å². The smallest absolute Gasteiger partial charge is 0.308 e. The third-order valence-electron chi connectivity index (χ3n) is 3.53. The molecular weight excluding hydrogens is 278 g/mol. The van der Waals surface area contributed by atoms with E-state index in [0.717, 1.165) is 0 Å². The van der Waals surface area contributed by atoms with Crippen molar-refractivity contribution in [3.05, 3.63) is 21.7 Å². The minimum Gasteiger partial charge on any atom is -0.481 e. The number of ether oxygens (including phenoxy) is 2. The summed E-state index contributed by atoms with van der Waals surface area (Å²) in [5.41, 5.74) is 4.44. The molecule has 1 saturated heterocycles. The number of nitrogens with zero attached hydrogens (tertiary/aromatic N) is 1. The SMILES string of the molecule is CCOC1(c2nc(N)c(CC(=O)O)c(=O)[nH]2)CCOCC1. The molecule has 2 heterocycles. The van der Waals surface area contributed by atoms with Crippen molar-refractivity contribution in [3.8, 4) is 0 Å². The van der Waals surface area contributed by atoms with Crippen LogP contribution in [0.2, 0.25) is 0 Å². The molecule has 0 bridgehead atoms. The van der Waals surface area contributed by atoms with Gasteiger partial charge in [0.05, 0.1) is 12.0 Å². The van der Waals surface area contributed by atoms with Gasteiger partial charge in [-0.2, -0.15) is 0 Å². The van der Waals surface area contributed by atoms with E-state index in [1.54, 1.807) is 0 Å². The van der Waals surface area contributed by atoms with Gasteiger partial charge in [-0.15, -0.1) is 0 Å². The molecule has 0 atom stereocenters. The number of H-pyrrole nitrogens is 1. The molecule has 0 spiro atoms. The van der Waals surface area contributed by atoms with Gasteiger partial charge < -0.3 is 25.3 Å². The summed E-state index contributed by atoms with van der Waals surface area (Å²) >= 11 is 0. The van der Waals surface area contributed by atoms with Gasteiger partial charge in [0.25, 0.3) is 5.56 Å². The van der Waals surface area contributed by atoms with E-state index < -0.39 is 23.6 Å². The van der Waals surface area contributed by atoms with Gasteiger partial charge in [-0.05, 0) is 6.92 Å². The second-order valence-corrected chi connectivity index (χ2v) is 4.89. The number of nitrogen functional groups attached to an aromatic ring is 1. The fourth-order valence-corrected chi connectivity index (χ4v) is 2.48. The summed E-state index contributed by atoms with van der Waals surface area (Å²) in [6, 6.07) is 0. The number of nitrogens with two attached hydrogens (primary N) is 1.